The van der Waals surface area contributed by atoms with E-state index < -0.39 is 9.84 Å². The molecule has 0 radical (unpaired) electrons. The standard InChI is InChI=1S/C24H26N4O4S/c1-32-20-9-7-19(8-10-20)22-17-23(26-18-25-22)27-12-14-28(15-13-27)24(29)11-16-33(30,31)21-5-3-2-4-6-21/h2-10,17-18H,11-16H2,1H3. The molecule has 33 heavy (non-hydrogen) atoms. The first kappa shape index (κ1) is 22.7. The zero-order chi connectivity index (χ0) is 23.3. The number of anilines is 1. The summed E-state index contributed by atoms with van der Waals surface area (Å²) in [5, 5.41) is 0. The van der Waals surface area contributed by atoms with Gasteiger partial charge in [0, 0.05) is 44.2 Å². The predicted molar refractivity (Wildman–Crippen MR) is 126 cm³/mol. The summed E-state index contributed by atoms with van der Waals surface area (Å²) in [7, 11) is -1.84. The molecule has 1 aliphatic heterocycles. The lowest BCUT2D eigenvalue weighted by atomic mass is 10.1. The van der Waals surface area contributed by atoms with Crippen molar-refractivity contribution in [2.45, 2.75) is 11.3 Å². The molecule has 0 unspecified atom stereocenters. The Morgan fingerprint density at radius 1 is 0.970 bits per heavy atom. The van der Waals surface area contributed by atoms with Crippen LogP contribution in [0.1, 0.15) is 6.42 Å². The number of nitrogens with zero attached hydrogens (tertiary/aromatic N) is 4. The molecular weight excluding hydrogens is 440 g/mol. The molecule has 1 amide bonds. The minimum absolute atomic E-state index is 0.0215. The summed E-state index contributed by atoms with van der Waals surface area (Å²) in [5.74, 6) is 1.25. The number of aromatic nitrogens is 2. The van der Waals surface area contributed by atoms with Crippen molar-refractivity contribution in [1.82, 2.24) is 14.9 Å². The van der Waals surface area contributed by atoms with Crippen molar-refractivity contribution in [2.24, 2.45) is 0 Å². The SMILES string of the molecule is COc1ccc(-c2cc(N3CCN(C(=O)CCS(=O)(=O)c4ccccc4)CC3)ncn2)cc1. The van der Waals surface area contributed by atoms with E-state index >= 15 is 0 Å². The highest BCUT2D eigenvalue weighted by atomic mass is 32.2. The number of benzene rings is 2. The first-order chi connectivity index (χ1) is 16.0. The molecule has 1 aliphatic rings. The molecule has 1 saturated heterocycles. The molecule has 0 N–H and O–H groups in total. The van der Waals surface area contributed by atoms with Crippen molar-refractivity contribution in [3.8, 4) is 17.0 Å². The maximum Gasteiger partial charge on any atom is 0.223 e. The van der Waals surface area contributed by atoms with Crippen LogP contribution in [0, 0.1) is 0 Å². The third-order valence-electron chi connectivity index (χ3n) is 5.68. The monoisotopic (exact) mass is 466 g/mol. The van der Waals surface area contributed by atoms with E-state index in [2.05, 4.69) is 14.9 Å². The number of sulfone groups is 1. The highest BCUT2D eigenvalue weighted by Gasteiger charge is 2.24. The van der Waals surface area contributed by atoms with Crippen LogP contribution >= 0.6 is 0 Å². The van der Waals surface area contributed by atoms with Crippen molar-refractivity contribution in [2.75, 3.05) is 43.9 Å². The van der Waals surface area contributed by atoms with E-state index in [1.807, 2.05) is 30.3 Å². The number of ether oxygens (including phenoxy) is 1. The van der Waals surface area contributed by atoms with Gasteiger partial charge in [-0.05, 0) is 36.4 Å². The van der Waals surface area contributed by atoms with Gasteiger partial charge in [-0.2, -0.15) is 0 Å². The van der Waals surface area contributed by atoms with E-state index in [0.717, 1.165) is 22.8 Å². The minimum Gasteiger partial charge on any atom is -0.497 e. The molecule has 0 aliphatic carbocycles. The van der Waals surface area contributed by atoms with Gasteiger partial charge < -0.3 is 14.5 Å². The molecule has 1 aromatic heterocycles. The molecule has 1 fully saturated rings. The maximum atomic E-state index is 12.6. The van der Waals surface area contributed by atoms with Crippen molar-refractivity contribution >= 4 is 21.6 Å². The van der Waals surface area contributed by atoms with Crippen LogP contribution in [-0.2, 0) is 14.6 Å². The van der Waals surface area contributed by atoms with E-state index in [0.29, 0.717) is 26.2 Å². The average Bonchev–Trinajstić information content (AvgIpc) is 2.88. The van der Waals surface area contributed by atoms with E-state index in [9.17, 15) is 13.2 Å². The molecule has 8 nitrogen and oxygen atoms in total. The summed E-state index contributed by atoms with van der Waals surface area (Å²) < 4.78 is 30.1. The topological polar surface area (TPSA) is 92.7 Å². The van der Waals surface area contributed by atoms with Crippen LogP contribution in [0.15, 0.2) is 71.9 Å². The molecule has 0 atom stereocenters. The molecule has 4 rings (SSSR count). The molecule has 0 spiro atoms. The Morgan fingerprint density at radius 2 is 1.67 bits per heavy atom. The highest BCUT2D eigenvalue weighted by Crippen LogP contribution is 2.24. The molecule has 2 aromatic carbocycles. The van der Waals surface area contributed by atoms with Crippen molar-refractivity contribution < 1.29 is 17.9 Å². The van der Waals surface area contributed by atoms with Gasteiger partial charge in [-0.1, -0.05) is 18.2 Å². The second-order valence-corrected chi connectivity index (χ2v) is 9.85. The minimum atomic E-state index is -3.47. The molecule has 0 bridgehead atoms. The van der Waals surface area contributed by atoms with Crippen LogP contribution in [0.25, 0.3) is 11.3 Å². The normalized spacial score (nSPS) is 14.2. The van der Waals surface area contributed by atoms with Gasteiger partial charge >= 0.3 is 0 Å². The highest BCUT2D eigenvalue weighted by molar-refractivity contribution is 7.91. The average molecular weight is 467 g/mol. The lowest BCUT2D eigenvalue weighted by molar-refractivity contribution is -0.131. The van der Waals surface area contributed by atoms with Crippen LogP contribution in [-0.4, -0.2) is 68.2 Å². The van der Waals surface area contributed by atoms with Crippen molar-refractivity contribution in [3.05, 3.63) is 67.0 Å². The van der Waals surface area contributed by atoms with Gasteiger partial charge in [-0.15, -0.1) is 0 Å². The Kier molecular flexibility index (Phi) is 6.88. The number of carbonyl (C=O) groups is 1. The van der Waals surface area contributed by atoms with Gasteiger partial charge in [-0.3, -0.25) is 4.79 Å². The lowest BCUT2D eigenvalue weighted by Gasteiger charge is -2.35. The quantitative estimate of drug-likeness (QED) is 0.529. The second-order valence-electron chi connectivity index (χ2n) is 7.74. The largest absolute Gasteiger partial charge is 0.497 e. The summed E-state index contributed by atoms with van der Waals surface area (Å²) in [5.41, 5.74) is 1.78. The molecule has 172 valence electrons. The number of amides is 1. The fraction of sp³-hybridized carbons (Fsp3) is 0.292. The number of piperazine rings is 1. The Morgan fingerprint density at radius 3 is 2.33 bits per heavy atom. The number of methoxy groups -OCH3 is 1. The summed E-state index contributed by atoms with van der Waals surface area (Å²) in [4.78, 5) is 25.5. The van der Waals surface area contributed by atoms with E-state index in [1.165, 1.54) is 0 Å². The molecule has 0 saturated carbocycles. The Balaban J connectivity index is 1.33. The molecule has 9 heteroatoms. The van der Waals surface area contributed by atoms with Crippen LogP contribution < -0.4 is 9.64 Å². The molecule has 3 aromatic rings. The first-order valence-electron chi connectivity index (χ1n) is 10.7. The van der Waals surface area contributed by atoms with Gasteiger partial charge in [0.05, 0.1) is 23.5 Å². The summed E-state index contributed by atoms with van der Waals surface area (Å²) in [6, 6.07) is 17.9. The van der Waals surface area contributed by atoms with Gasteiger partial charge in [0.25, 0.3) is 0 Å². The van der Waals surface area contributed by atoms with Crippen LogP contribution in [0.4, 0.5) is 5.82 Å². The Bertz CT molecular complexity index is 1190. The summed E-state index contributed by atoms with van der Waals surface area (Å²) >= 11 is 0. The van der Waals surface area contributed by atoms with Crippen LogP contribution in [0.2, 0.25) is 0 Å². The Hall–Kier alpha value is -3.46. The third-order valence-corrected chi connectivity index (χ3v) is 7.41. The second kappa shape index (κ2) is 9.99. The third kappa shape index (κ3) is 5.48. The number of hydrogen-bond donors (Lipinski definition) is 0. The number of carbonyl (C=O) groups excluding carboxylic acids is 1. The number of hydrogen-bond acceptors (Lipinski definition) is 7. The zero-order valence-corrected chi connectivity index (χ0v) is 19.2. The van der Waals surface area contributed by atoms with E-state index in [1.54, 1.807) is 48.7 Å². The molecular formula is C24H26N4O4S. The summed E-state index contributed by atoms with van der Waals surface area (Å²) in [6.07, 6.45) is 1.52. The maximum absolute atomic E-state index is 12.6. The van der Waals surface area contributed by atoms with Gasteiger partial charge in [-0.25, -0.2) is 18.4 Å². The zero-order valence-electron chi connectivity index (χ0n) is 18.4. The van der Waals surface area contributed by atoms with E-state index in [4.69, 9.17) is 4.74 Å². The van der Waals surface area contributed by atoms with Crippen molar-refractivity contribution in [3.63, 3.8) is 0 Å². The summed E-state index contributed by atoms with van der Waals surface area (Å²) in [6.45, 7) is 2.28. The van der Waals surface area contributed by atoms with Crippen LogP contribution in [0.3, 0.4) is 0 Å². The van der Waals surface area contributed by atoms with Crippen LogP contribution in [0.5, 0.6) is 5.75 Å². The predicted octanol–water partition coefficient (Wildman–Crippen LogP) is 2.66. The fourth-order valence-electron chi connectivity index (χ4n) is 3.75. The van der Waals surface area contributed by atoms with Crippen molar-refractivity contribution in [1.29, 1.82) is 0 Å². The fourth-order valence-corrected chi connectivity index (χ4v) is 5.00. The lowest BCUT2D eigenvalue weighted by Crippen LogP contribution is -2.49. The first-order valence-corrected chi connectivity index (χ1v) is 12.4. The smallest absolute Gasteiger partial charge is 0.223 e. The van der Waals surface area contributed by atoms with Gasteiger partial charge in [0.1, 0.15) is 17.9 Å². The van der Waals surface area contributed by atoms with E-state index in [-0.39, 0.29) is 23.0 Å². The Labute approximate surface area is 193 Å². The number of rotatable bonds is 7. The van der Waals surface area contributed by atoms with Gasteiger partial charge in [0.15, 0.2) is 9.84 Å². The van der Waals surface area contributed by atoms with Gasteiger partial charge in [0.2, 0.25) is 5.91 Å². The molecule has 2 heterocycles.